The number of ether oxygens (including phenoxy) is 5. The first-order chi connectivity index (χ1) is 16.7. The summed E-state index contributed by atoms with van der Waals surface area (Å²) >= 11 is 0. The standard InChI is InChI=1S/C23H28O12/c1-31-15-8-12(9-16(32-2)18(15)26)22(30)33-10-17-19(27)20(28)21(29)23(35-17)34-14-7-11(5-6-24)3-4-13(14)25/h3-4,7-9,17,19-21,23-29H,5-6,10H2,1-2H3/t17-,19-,20+,21-,23-/m1/s1. The third kappa shape index (κ3) is 5.86. The van der Waals surface area contributed by atoms with Crippen molar-refractivity contribution < 1.29 is 59.1 Å². The van der Waals surface area contributed by atoms with Crippen LogP contribution in [0.1, 0.15) is 15.9 Å². The summed E-state index contributed by atoms with van der Waals surface area (Å²) in [6.45, 7) is -0.671. The maximum atomic E-state index is 12.6. The fraction of sp³-hybridized carbons (Fsp3) is 0.435. The van der Waals surface area contributed by atoms with Gasteiger partial charge in [-0.2, -0.15) is 0 Å². The van der Waals surface area contributed by atoms with Gasteiger partial charge in [-0.3, -0.25) is 0 Å². The van der Waals surface area contributed by atoms with Gasteiger partial charge in [0.1, 0.15) is 31.0 Å². The van der Waals surface area contributed by atoms with Gasteiger partial charge in [0, 0.05) is 6.61 Å². The van der Waals surface area contributed by atoms with Crippen molar-refractivity contribution >= 4 is 5.97 Å². The minimum Gasteiger partial charge on any atom is -0.504 e. The van der Waals surface area contributed by atoms with Gasteiger partial charge >= 0.3 is 5.97 Å². The normalized spacial score (nSPS) is 24.0. The van der Waals surface area contributed by atoms with E-state index in [1.54, 1.807) is 6.07 Å². The van der Waals surface area contributed by atoms with Crippen LogP contribution in [0.15, 0.2) is 30.3 Å². The van der Waals surface area contributed by atoms with Crippen molar-refractivity contribution in [2.75, 3.05) is 27.4 Å². The number of rotatable bonds is 9. The average molecular weight is 496 g/mol. The number of hydrogen-bond donors (Lipinski definition) is 6. The first kappa shape index (κ1) is 26.3. The Bertz CT molecular complexity index is 1000. The SMILES string of the molecule is COc1cc(C(=O)OC[C@H]2O[C@@H](Oc3cc(CCO)ccc3O)[C@H](O)[C@@H](O)[C@@H]2O)cc(OC)c1O. The molecular weight excluding hydrogens is 468 g/mol. The third-order valence-electron chi connectivity index (χ3n) is 5.43. The first-order valence-electron chi connectivity index (χ1n) is 10.6. The second kappa shape index (κ2) is 11.4. The zero-order chi connectivity index (χ0) is 25.7. The van der Waals surface area contributed by atoms with Crippen LogP contribution in [0.5, 0.6) is 28.7 Å². The number of aliphatic hydroxyl groups is 4. The van der Waals surface area contributed by atoms with Gasteiger partial charge < -0.3 is 54.3 Å². The Labute approximate surface area is 200 Å². The van der Waals surface area contributed by atoms with E-state index in [9.17, 15) is 30.3 Å². The summed E-state index contributed by atoms with van der Waals surface area (Å²) in [6.07, 6.45) is -7.57. The number of esters is 1. The summed E-state index contributed by atoms with van der Waals surface area (Å²) in [4.78, 5) is 12.6. The highest BCUT2D eigenvalue weighted by Crippen LogP contribution is 2.37. The van der Waals surface area contributed by atoms with Crippen molar-refractivity contribution in [1.82, 2.24) is 0 Å². The molecule has 1 aliphatic heterocycles. The molecular formula is C23H28O12. The topological polar surface area (TPSA) is 185 Å². The van der Waals surface area contributed by atoms with Crippen LogP contribution < -0.4 is 14.2 Å². The minimum absolute atomic E-state index is 0.0270. The molecule has 0 amide bonds. The Balaban J connectivity index is 1.72. The van der Waals surface area contributed by atoms with Crippen LogP contribution in [0.25, 0.3) is 0 Å². The molecule has 0 saturated carbocycles. The molecule has 2 aromatic rings. The van der Waals surface area contributed by atoms with Gasteiger partial charge in [-0.15, -0.1) is 0 Å². The number of carbonyl (C=O) groups is 1. The third-order valence-corrected chi connectivity index (χ3v) is 5.43. The monoisotopic (exact) mass is 496 g/mol. The highest BCUT2D eigenvalue weighted by Gasteiger charge is 2.45. The Hall–Kier alpha value is -3.29. The lowest BCUT2D eigenvalue weighted by atomic mass is 9.99. The van der Waals surface area contributed by atoms with Crippen LogP contribution in [0, 0.1) is 0 Å². The van der Waals surface area contributed by atoms with Crippen LogP contribution in [0.3, 0.4) is 0 Å². The second-order valence-electron chi connectivity index (χ2n) is 7.74. The Kier molecular flexibility index (Phi) is 8.59. The highest BCUT2D eigenvalue weighted by molar-refractivity contribution is 5.91. The maximum absolute atomic E-state index is 12.6. The molecule has 12 nitrogen and oxygen atoms in total. The molecule has 192 valence electrons. The van der Waals surface area contributed by atoms with Crippen molar-refractivity contribution in [2.45, 2.75) is 37.1 Å². The van der Waals surface area contributed by atoms with Crippen LogP contribution in [-0.2, 0) is 15.9 Å². The number of carbonyl (C=O) groups excluding carboxylic acids is 1. The van der Waals surface area contributed by atoms with E-state index >= 15 is 0 Å². The summed E-state index contributed by atoms with van der Waals surface area (Å²) in [5, 5.41) is 60.0. The molecule has 1 heterocycles. The molecule has 0 spiro atoms. The van der Waals surface area contributed by atoms with Crippen molar-refractivity contribution in [3.05, 3.63) is 41.5 Å². The van der Waals surface area contributed by atoms with Gasteiger partial charge in [0.05, 0.1) is 19.8 Å². The van der Waals surface area contributed by atoms with E-state index in [2.05, 4.69) is 0 Å². The zero-order valence-electron chi connectivity index (χ0n) is 19.0. The molecule has 12 heteroatoms. The number of phenols is 2. The Morgan fingerprint density at radius 2 is 1.60 bits per heavy atom. The quantitative estimate of drug-likeness (QED) is 0.249. The molecule has 3 rings (SSSR count). The van der Waals surface area contributed by atoms with Crippen LogP contribution in [0.2, 0.25) is 0 Å². The van der Waals surface area contributed by atoms with Gasteiger partial charge in [-0.1, -0.05) is 6.07 Å². The first-order valence-corrected chi connectivity index (χ1v) is 10.6. The van der Waals surface area contributed by atoms with Crippen molar-refractivity contribution in [3.8, 4) is 28.7 Å². The van der Waals surface area contributed by atoms with Gasteiger partial charge in [-0.25, -0.2) is 4.79 Å². The van der Waals surface area contributed by atoms with Gasteiger partial charge in [-0.05, 0) is 36.2 Å². The minimum atomic E-state index is -1.71. The fourth-order valence-electron chi connectivity index (χ4n) is 3.47. The van der Waals surface area contributed by atoms with E-state index in [1.165, 1.54) is 38.5 Å². The Morgan fingerprint density at radius 1 is 0.943 bits per heavy atom. The Morgan fingerprint density at radius 3 is 2.20 bits per heavy atom. The number of hydrogen-bond acceptors (Lipinski definition) is 12. The highest BCUT2D eigenvalue weighted by atomic mass is 16.7. The van der Waals surface area contributed by atoms with E-state index in [4.69, 9.17) is 28.8 Å². The predicted octanol–water partition coefficient (Wildman–Crippen LogP) is -0.307. The molecule has 35 heavy (non-hydrogen) atoms. The van der Waals surface area contributed by atoms with Crippen molar-refractivity contribution in [3.63, 3.8) is 0 Å². The second-order valence-corrected chi connectivity index (χ2v) is 7.74. The largest absolute Gasteiger partial charge is 0.504 e. The lowest BCUT2D eigenvalue weighted by Gasteiger charge is -2.40. The molecule has 1 fully saturated rings. The van der Waals surface area contributed by atoms with Crippen molar-refractivity contribution in [2.24, 2.45) is 0 Å². The summed E-state index contributed by atoms with van der Waals surface area (Å²) in [5.74, 6) is -1.59. The maximum Gasteiger partial charge on any atom is 0.338 e. The van der Waals surface area contributed by atoms with Crippen LogP contribution in [0.4, 0.5) is 0 Å². The fourth-order valence-corrected chi connectivity index (χ4v) is 3.47. The van der Waals surface area contributed by atoms with Crippen LogP contribution in [-0.4, -0.2) is 94.7 Å². The van der Waals surface area contributed by atoms with Crippen molar-refractivity contribution in [1.29, 1.82) is 0 Å². The molecule has 0 radical (unpaired) electrons. The lowest BCUT2D eigenvalue weighted by Crippen LogP contribution is -2.60. The van der Waals surface area contributed by atoms with Crippen LogP contribution >= 0.6 is 0 Å². The molecule has 2 aromatic carbocycles. The molecule has 5 atom stereocenters. The van der Waals surface area contributed by atoms with E-state index < -0.39 is 43.3 Å². The molecule has 0 aliphatic carbocycles. The number of benzene rings is 2. The summed E-state index contributed by atoms with van der Waals surface area (Å²) in [5.41, 5.74) is 0.609. The zero-order valence-corrected chi connectivity index (χ0v) is 19.0. The molecule has 1 saturated heterocycles. The molecule has 6 N–H and O–H groups in total. The van der Waals surface area contributed by atoms with E-state index in [1.807, 2.05) is 0 Å². The van der Waals surface area contributed by atoms with E-state index in [-0.39, 0.29) is 47.3 Å². The lowest BCUT2D eigenvalue weighted by molar-refractivity contribution is -0.277. The summed E-state index contributed by atoms with van der Waals surface area (Å²) in [7, 11) is 2.58. The molecule has 0 bridgehead atoms. The summed E-state index contributed by atoms with van der Waals surface area (Å²) in [6, 6.07) is 6.79. The van der Waals surface area contributed by atoms with Gasteiger partial charge in [0.25, 0.3) is 0 Å². The van der Waals surface area contributed by atoms with Gasteiger partial charge in [0.2, 0.25) is 12.0 Å². The molecule has 0 unspecified atom stereocenters. The number of methoxy groups -OCH3 is 2. The van der Waals surface area contributed by atoms with E-state index in [0.717, 1.165) is 0 Å². The number of phenolic OH excluding ortho intramolecular Hbond substituents is 2. The average Bonchev–Trinajstić information content (AvgIpc) is 2.85. The smallest absolute Gasteiger partial charge is 0.338 e. The van der Waals surface area contributed by atoms with Gasteiger partial charge in [0.15, 0.2) is 23.0 Å². The summed E-state index contributed by atoms with van der Waals surface area (Å²) < 4.78 is 26.3. The molecule has 1 aliphatic rings. The number of aromatic hydroxyl groups is 2. The van der Waals surface area contributed by atoms with E-state index in [0.29, 0.717) is 5.56 Å². The number of aliphatic hydroxyl groups excluding tert-OH is 4. The molecule has 0 aromatic heterocycles. The predicted molar refractivity (Wildman–Crippen MR) is 118 cm³/mol.